The summed E-state index contributed by atoms with van der Waals surface area (Å²) in [6.45, 7) is 0.961. The van der Waals surface area contributed by atoms with Crippen LogP contribution in [-0.4, -0.2) is 29.1 Å². The number of benzene rings is 2. The van der Waals surface area contributed by atoms with Crippen LogP contribution in [0.5, 0.6) is 5.75 Å². The smallest absolute Gasteiger partial charge is 0.320 e. The molecule has 0 saturated carbocycles. The van der Waals surface area contributed by atoms with Crippen molar-refractivity contribution < 1.29 is 14.6 Å². The first-order chi connectivity index (χ1) is 11.7. The zero-order chi connectivity index (χ0) is 17.2. The minimum Gasteiger partial charge on any atom is -0.489 e. The van der Waals surface area contributed by atoms with Gasteiger partial charge < -0.3 is 15.2 Å². The molecule has 0 bridgehead atoms. The second-order valence-electron chi connectivity index (χ2n) is 5.44. The SMILES string of the molecule is CSCCC(NCc1ccccc1OCc1ccccc1)C(=O)O. The van der Waals surface area contributed by atoms with Gasteiger partial charge in [0, 0.05) is 12.1 Å². The molecule has 2 N–H and O–H groups in total. The highest BCUT2D eigenvalue weighted by molar-refractivity contribution is 7.98. The first-order valence-corrected chi connectivity index (χ1v) is 9.30. The highest BCUT2D eigenvalue weighted by Gasteiger charge is 2.16. The molecule has 0 aliphatic heterocycles. The molecule has 0 radical (unpaired) electrons. The minimum absolute atomic E-state index is 0.469. The van der Waals surface area contributed by atoms with Crippen LogP contribution in [0.15, 0.2) is 54.6 Å². The van der Waals surface area contributed by atoms with E-state index in [4.69, 9.17) is 4.74 Å². The molecule has 0 heterocycles. The number of hydrogen-bond acceptors (Lipinski definition) is 4. The lowest BCUT2D eigenvalue weighted by Crippen LogP contribution is -2.36. The lowest BCUT2D eigenvalue weighted by Gasteiger charge is -2.16. The molecule has 128 valence electrons. The third kappa shape index (κ3) is 5.91. The molecule has 0 fully saturated rings. The maximum Gasteiger partial charge on any atom is 0.320 e. The van der Waals surface area contributed by atoms with Crippen LogP contribution in [0.25, 0.3) is 0 Å². The summed E-state index contributed by atoms with van der Waals surface area (Å²) in [4.78, 5) is 11.3. The largest absolute Gasteiger partial charge is 0.489 e. The van der Waals surface area contributed by atoms with Crippen molar-refractivity contribution in [1.29, 1.82) is 0 Å². The molecular formula is C19H23NO3S. The zero-order valence-electron chi connectivity index (χ0n) is 13.8. The molecule has 2 aromatic carbocycles. The Hall–Kier alpha value is -1.98. The fraction of sp³-hybridized carbons (Fsp3) is 0.316. The van der Waals surface area contributed by atoms with Gasteiger partial charge in [-0.25, -0.2) is 0 Å². The van der Waals surface area contributed by atoms with Crippen LogP contribution < -0.4 is 10.1 Å². The van der Waals surface area contributed by atoms with E-state index in [2.05, 4.69) is 5.32 Å². The van der Waals surface area contributed by atoms with E-state index in [-0.39, 0.29) is 0 Å². The zero-order valence-corrected chi connectivity index (χ0v) is 14.6. The van der Waals surface area contributed by atoms with E-state index in [1.54, 1.807) is 11.8 Å². The number of carbonyl (C=O) groups is 1. The van der Waals surface area contributed by atoms with Crippen molar-refractivity contribution in [3.63, 3.8) is 0 Å². The standard InChI is InChI=1S/C19H23NO3S/c1-24-12-11-17(19(21)22)20-13-16-9-5-6-10-18(16)23-14-15-7-3-2-4-8-15/h2-10,17,20H,11-14H2,1H3,(H,21,22). The molecule has 0 spiro atoms. The van der Waals surface area contributed by atoms with E-state index < -0.39 is 12.0 Å². The maximum atomic E-state index is 11.3. The van der Waals surface area contributed by atoms with E-state index in [1.165, 1.54) is 0 Å². The second kappa shape index (κ2) is 10.0. The lowest BCUT2D eigenvalue weighted by molar-refractivity contribution is -0.139. The van der Waals surface area contributed by atoms with Gasteiger partial charge in [-0.3, -0.25) is 4.79 Å². The third-order valence-corrected chi connectivity index (χ3v) is 4.30. The summed E-state index contributed by atoms with van der Waals surface area (Å²) in [6, 6.07) is 17.2. The van der Waals surface area contributed by atoms with Crippen LogP contribution in [0.3, 0.4) is 0 Å². The molecule has 0 saturated heterocycles. The van der Waals surface area contributed by atoms with E-state index in [0.717, 1.165) is 22.6 Å². The molecule has 0 amide bonds. The Balaban J connectivity index is 1.96. The van der Waals surface area contributed by atoms with Crippen LogP contribution in [0, 0.1) is 0 Å². The lowest BCUT2D eigenvalue weighted by atomic mass is 10.1. The number of aliphatic carboxylic acids is 1. The number of thioether (sulfide) groups is 1. The van der Waals surface area contributed by atoms with Gasteiger partial charge in [0.15, 0.2) is 0 Å². The highest BCUT2D eigenvalue weighted by Crippen LogP contribution is 2.19. The van der Waals surface area contributed by atoms with Gasteiger partial charge in [-0.2, -0.15) is 11.8 Å². The van der Waals surface area contributed by atoms with E-state index in [9.17, 15) is 9.90 Å². The third-order valence-electron chi connectivity index (χ3n) is 3.66. The predicted molar refractivity (Wildman–Crippen MR) is 98.5 cm³/mol. The Morgan fingerprint density at radius 1 is 1.17 bits per heavy atom. The number of rotatable bonds is 10. The van der Waals surface area contributed by atoms with Crippen LogP contribution in [0.2, 0.25) is 0 Å². The maximum absolute atomic E-state index is 11.3. The van der Waals surface area contributed by atoms with Crippen molar-refractivity contribution in [2.75, 3.05) is 12.0 Å². The van der Waals surface area contributed by atoms with Gasteiger partial charge in [-0.05, 0) is 30.1 Å². The summed E-state index contributed by atoms with van der Waals surface area (Å²) in [5.41, 5.74) is 2.06. The number of carboxylic acids is 1. The normalized spacial score (nSPS) is 11.9. The molecule has 4 nitrogen and oxygen atoms in total. The number of para-hydroxylation sites is 1. The van der Waals surface area contributed by atoms with Crippen molar-refractivity contribution in [2.45, 2.75) is 25.6 Å². The summed E-state index contributed by atoms with van der Waals surface area (Å²) in [5.74, 6) is 0.783. The molecule has 2 aromatic rings. The minimum atomic E-state index is -0.813. The molecule has 2 rings (SSSR count). The van der Waals surface area contributed by atoms with E-state index in [1.807, 2.05) is 60.9 Å². The Morgan fingerprint density at radius 2 is 1.88 bits per heavy atom. The summed E-state index contributed by atoms with van der Waals surface area (Å²) >= 11 is 1.65. The monoisotopic (exact) mass is 345 g/mol. The van der Waals surface area contributed by atoms with Crippen molar-refractivity contribution in [1.82, 2.24) is 5.32 Å². The Labute approximate surface area is 147 Å². The summed E-state index contributed by atoms with van der Waals surface area (Å²) in [6.07, 6.45) is 2.58. The number of ether oxygens (including phenoxy) is 1. The average Bonchev–Trinajstić information content (AvgIpc) is 2.61. The molecule has 0 aromatic heterocycles. The van der Waals surface area contributed by atoms with Crippen molar-refractivity contribution in [3.05, 3.63) is 65.7 Å². The van der Waals surface area contributed by atoms with Crippen molar-refractivity contribution >= 4 is 17.7 Å². The molecule has 5 heteroatoms. The molecule has 1 atom stereocenters. The van der Waals surface area contributed by atoms with Crippen molar-refractivity contribution in [3.8, 4) is 5.75 Å². The van der Waals surface area contributed by atoms with Gasteiger partial charge in [0.2, 0.25) is 0 Å². The van der Waals surface area contributed by atoms with Crippen molar-refractivity contribution in [2.24, 2.45) is 0 Å². The molecule has 24 heavy (non-hydrogen) atoms. The first-order valence-electron chi connectivity index (χ1n) is 7.90. The highest BCUT2D eigenvalue weighted by atomic mass is 32.2. The topological polar surface area (TPSA) is 58.6 Å². The van der Waals surface area contributed by atoms with Crippen LogP contribution in [-0.2, 0) is 17.9 Å². The van der Waals surface area contributed by atoms with Gasteiger partial charge in [0.1, 0.15) is 18.4 Å². The van der Waals surface area contributed by atoms with Gasteiger partial charge in [0.25, 0.3) is 0 Å². The predicted octanol–water partition coefficient (Wildman–Crippen LogP) is 3.56. The van der Waals surface area contributed by atoms with Gasteiger partial charge in [-0.15, -0.1) is 0 Å². The second-order valence-corrected chi connectivity index (χ2v) is 6.42. The van der Waals surface area contributed by atoms with Gasteiger partial charge >= 0.3 is 5.97 Å². The van der Waals surface area contributed by atoms with Crippen LogP contribution >= 0.6 is 11.8 Å². The number of nitrogens with one attached hydrogen (secondary N) is 1. The molecule has 1 unspecified atom stereocenters. The molecule has 0 aliphatic carbocycles. The molecule has 0 aliphatic rings. The Morgan fingerprint density at radius 3 is 2.58 bits per heavy atom. The Kier molecular flexibility index (Phi) is 7.65. The average molecular weight is 345 g/mol. The van der Waals surface area contributed by atoms with Gasteiger partial charge in [0.05, 0.1) is 0 Å². The first kappa shape index (κ1) is 18.4. The van der Waals surface area contributed by atoms with Crippen LogP contribution in [0.4, 0.5) is 0 Å². The summed E-state index contributed by atoms with van der Waals surface area (Å²) in [7, 11) is 0. The quantitative estimate of drug-likeness (QED) is 0.689. The van der Waals surface area contributed by atoms with E-state index >= 15 is 0 Å². The Bertz CT molecular complexity index is 634. The number of hydrogen-bond donors (Lipinski definition) is 2. The number of carboxylic acid groups (broad SMARTS) is 1. The van der Waals surface area contributed by atoms with Gasteiger partial charge in [-0.1, -0.05) is 48.5 Å². The van der Waals surface area contributed by atoms with E-state index in [0.29, 0.717) is 19.6 Å². The summed E-state index contributed by atoms with van der Waals surface area (Å²) < 4.78 is 5.91. The fourth-order valence-corrected chi connectivity index (χ4v) is 2.78. The fourth-order valence-electron chi connectivity index (χ4n) is 2.31. The molecular weight excluding hydrogens is 322 g/mol. The van der Waals surface area contributed by atoms with Crippen LogP contribution in [0.1, 0.15) is 17.5 Å². The summed E-state index contributed by atoms with van der Waals surface area (Å²) in [5, 5.41) is 12.4.